The average molecular weight is 301 g/mol. The fourth-order valence-corrected chi connectivity index (χ4v) is 3.92. The molecule has 118 valence electrons. The molecule has 1 N–H and O–H groups in total. The van der Waals surface area contributed by atoms with Gasteiger partial charge in [-0.3, -0.25) is 0 Å². The molecule has 3 heterocycles. The van der Waals surface area contributed by atoms with Crippen LogP contribution in [0.4, 0.5) is 5.82 Å². The van der Waals surface area contributed by atoms with E-state index in [1.807, 2.05) is 0 Å². The van der Waals surface area contributed by atoms with Gasteiger partial charge in [0.25, 0.3) is 0 Å². The van der Waals surface area contributed by atoms with Crippen molar-refractivity contribution in [3.63, 3.8) is 0 Å². The lowest BCUT2D eigenvalue weighted by Gasteiger charge is -2.51. The van der Waals surface area contributed by atoms with E-state index in [9.17, 15) is 10.4 Å². The molecule has 2 saturated heterocycles. The van der Waals surface area contributed by atoms with Crippen molar-refractivity contribution in [2.24, 2.45) is 11.3 Å². The van der Waals surface area contributed by atoms with Gasteiger partial charge in [0, 0.05) is 38.0 Å². The lowest BCUT2D eigenvalue weighted by Crippen LogP contribution is -2.53. The second-order valence-corrected chi connectivity index (χ2v) is 6.58. The fourth-order valence-electron chi connectivity index (χ4n) is 3.92. The van der Waals surface area contributed by atoms with Gasteiger partial charge in [-0.1, -0.05) is 0 Å². The maximum Gasteiger partial charge on any atom is 0.183 e. The molecule has 0 aliphatic carbocycles. The number of likely N-dealkylation sites (tertiary alicyclic amines) is 1. The topological polar surface area (TPSA) is 76.3 Å². The Morgan fingerprint density at radius 2 is 1.95 bits per heavy atom. The lowest BCUT2D eigenvalue weighted by atomic mass is 9.64. The summed E-state index contributed by atoms with van der Waals surface area (Å²) in [5, 5.41) is 19.1. The molecule has 1 spiro atoms. The van der Waals surface area contributed by atoms with Crippen LogP contribution in [0.5, 0.6) is 0 Å². The summed E-state index contributed by atoms with van der Waals surface area (Å²) in [5.41, 5.74) is 0.616. The predicted molar refractivity (Wildman–Crippen MR) is 83.3 cm³/mol. The molecule has 1 aromatic heterocycles. The number of piperidine rings is 2. The lowest BCUT2D eigenvalue weighted by molar-refractivity contribution is 0.00946. The van der Waals surface area contributed by atoms with Gasteiger partial charge < -0.3 is 14.9 Å². The number of hydrogen-bond donors (Lipinski definition) is 1. The molecule has 0 saturated carbocycles. The van der Waals surface area contributed by atoms with Crippen LogP contribution in [-0.4, -0.2) is 59.8 Å². The van der Waals surface area contributed by atoms with Crippen LogP contribution in [0.2, 0.25) is 0 Å². The van der Waals surface area contributed by atoms with Crippen LogP contribution >= 0.6 is 0 Å². The standard InChI is InChI=1S/C16H23N5O/c1-20-7-2-16(3-8-20)4-9-21(11-13(16)12-22)15-14(10-17)18-5-6-19-15/h5-6,13,22H,2-4,7-9,11-12H2,1H3. The van der Waals surface area contributed by atoms with Gasteiger partial charge in [-0.25, -0.2) is 9.97 Å². The second kappa shape index (κ2) is 6.19. The van der Waals surface area contributed by atoms with Gasteiger partial charge in [0.15, 0.2) is 11.5 Å². The predicted octanol–water partition coefficient (Wildman–Crippen LogP) is 0.879. The summed E-state index contributed by atoms with van der Waals surface area (Å²) in [4.78, 5) is 12.9. The third-order valence-corrected chi connectivity index (χ3v) is 5.47. The summed E-state index contributed by atoms with van der Waals surface area (Å²) >= 11 is 0. The van der Waals surface area contributed by atoms with Gasteiger partial charge in [0.1, 0.15) is 6.07 Å². The summed E-state index contributed by atoms with van der Waals surface area (Å²) in [6.07, 6.45) is 6.52. The summed E-state index contributed by atoms with van der Waals surface area (Å²) < 4.78 is 0. The number of aromatic nitrogens is 2. The SMILES string of the molecule is CN1CCC2(CC1)CCN(c1nccnc1C#N)CC2CO. The van der Waals surface area contributed by atoms with E-state index in [2.05, 4.69) is 32.9 Å². The Morgan fingerprint density at radius 3 is 2.64 bits per heavy atom. The maximum atomic E-state index is 9.92. The van der Waals surface area contributed by atoms with Crippen molar-refractivity contribution in [2.75, 3.05) is 44.7 Å². The van der Waals surface area contributed by atoms with Gasteiger partial charge in [0.05, 0.1) is 0 Å². The van der Waals surface area contributed by atoms with E-state index in [0.717, 1.165) is 45.4 Å². The third-order valence-electron chi connectivity index (χ3n) is 5.47. The molecule has 0 aromatic carbocycles. The summed E-state index contributed by atoms with van der Waals surface area (Å²) in [7, 11) is 2.16. The van der Waals surface area contributed by atoms with Crippen molar-refractivity contribution >= 4 is 5.82 Å². The number of hydrogen-bond acceptors (Lipinski definition) is 6. The Hall–Kier alpha value is -1.71. The van der Waals surface area contributed by atoms with E-state index in [1.165, 1.54) is 0 Å². The van der Waals surface area contributed by atoms with Crippen molar-refractivity contribution in [1.29, 1.82) is 5.26 Å². The van der Waals surface area contributed by atoms with E-state index < -0.39 is 0 Å². The molecule has 0 bridgehead atoms. The minimum absolute atomic E-state index is 0.197. The van der Waals surface area contributed by atoms with Gasteiger partial charge in [-0.15, -0.1) is 0 Å². The molecule has 1 unspecified atom stereocenters. The Labute approximate surface area is 131 Å². The van der Waals surface area contributed by atoms with Gasteiger partial charge >= 0.3 is 0 Å². The average Bonchev–Trinajstić information content (AvgIpc) is 2.58. The van der Waals surface area contributed by atoms with Crippen LogP contribution in [0.25, 0.3) is 0 Å². The second-order valence-electron chi connectivity index (χ2n) is 6.58. The summed E-state index contributed by atoms with van der Waals surface area (Å²) in [6, 6.07) is 2.12. The van der Waals surface area contributed by atoms with E-state index in [1.54, 1.807) is 12.4 Å². The largest absolute Gasteiger partial charge is 0.396 e. The van der Waals surface area contributed by atoms with E-state index in [0.29, 0.717) is 11.5 Å². The number of nitriles is 1. The highest BCUT2D eigenvalue weighted by molar-refractivity contribution is 5.50. The molecule has 2 aliphatic rings. The Morgan fingerprint density at radius 1 is 1.27 bits per heavy atom. The molecule has 0 amide bonds. The maximum absolute atomic E-state index is 9.92. The molecule has 1 atom stereocenters. The first-order valence-corrected chi connectivity index (χ1v) is 7.94. The quantitative estimate of drug-likeness (QED) is 0.874. The monoisotopic (exact) mass is 301 g/mol. The fraction of sp³-hybridized carbons (Fsp3) is 0.688. The first kappa shape index (κ1) is 15.2. The van der Waals surface area contributed by atoms with Gasteiger partial charge in [-0.05, 0) is 44.8 Å². The van der Waals surface area contributed by atoms with Crippen LogP contribution in [0.1, 0.15) is 25.0 Å². The molecule has 6 heteroatoms. The highest BCUT2D eigenvalue weighted by Crippen LogP contribution is 2.45. The van der Waals surface area contributed by atoms with Crippen molar-refractivity contribution in [3.05, 3.63) is 18.1 Å². The normalized spacial score (nSPS) is 25.1. The number of nitrogens with zero attached hydrogens (tertiary/aromatic N) is 5. The Balaban J connectivity index is 1.79. The molecular formula is C16H23N5O. The first-order valence-electron chi connectivity index (χ1n) is 7.94. The number of rotatable bonds is 2. The van der Waals surface area contributed by atoms with E-state index in [-0.39, 0.29) is 17.9 Å². The van der Waals surface area contributed by atoms with Crippen molar-refractivity contribution in [2.45, 2.75) is 19.3 Å². The highest BCUT2D eigenvalue weighted by Gasteiger charge is 2.44. The van der Waals surface area contributed by atoms with Crippen LogP contribution in [0.15, 0.2) is 12.4 Å². The minimum atomic E-state index is 0.197. The molecule has 22 heavy (non-hydrogen) atoms. The Kier molecular flexibility index (Phi) is 4.27. The molecule has 3 rings (SSSR count). The molecular weight excluding hydrogens is 278 g/mol. The van der Waals surface area contributed by atoms with Crippen molar-refractivity contribution < 1.29 is 5.11 Å². The van der Waals surface area contributed by atoms with Crippen LogP contribution in [0.3, 0.4) is 0 Å². The molecule has 2 fully saturated rings. The molecule has 0 radical (unpaired) electrons. The van der Waals surface area contributed by atoms with Crippen LogP contribution in [0, 0.1) is 22.7 Å². The molecule has 1 aromatic rings. The van der Waals surface area contributed by atoms with Crippen LogP contribution in [-0.2, 0) is 0 Å². The first-order chi connectivity index (χ1) is 10.7. The van der Waals surface area contributed by atoms with Crippen molar-refractivity contribution in [1.82, 2.24) is 14.9 Å². The zero-order valence-electron chi connectivity index (χ0n) is 13.1. The highest BCUT2D eigenvalue weighted by atomic mass is 16.3. The summed E-state index contributed by atoms with van der Waals surface area (Å²) in [5.74, 6) is 0.898. The molecule has 6 nitrogen and oxygen atoms in total. The van der Waals surface area contributed by atoms with Gasteiger partial charge in [-0.2, -0.15) is 5.26 Å². The van der Waals surface area contributed by atoms with Crippen molar-refractivity contribution in [3.8, 4) is 6.07 Å². The van der Waals surface area contributed by atoms with E-state index >= 15 is 0 Å². The molecule has 2 aliphatic heterocycles. The third kappa shape index (κ3) is 2.67. The smallest absolute Gasteiger partial charge is 0.183 e. The van der Waals surface area contributed by atoms with Gasteiger partial charge in [0.2, 0.25) is 0 Å². The zero-order valence-corrected chi connectivity index (χ0v) is 13.1. The summed E-state index contributed by atoms with van der Waals surface area (Å²) in [6.45, 7) is 4.04. The van der Waals surface area contributed by atoms with E-state index in [4.69, 9.17) is 0 Å². The number of aliphatic hydroxyl groups excluding tert-OH is 1. The number of anilines is 1. The number of aliphatic hydroxyl groups is 1. The minimum Gasteiger partial charge on any atom is -0.396 e. The van der Waals surface area contributed by atoms with Crippen LogP contribution < -0.4 is 4.90 Å². The zero-order chi connectivity index (χ0) is 15.6. The Bertz CT molecular complexity index is 562.